The third kappa shape index (κ3) is 3.31. The molecule has 9 nitrogen and oxygen atoms in total. The molecule has 0 bridgehead atoms. The molecule has 0 atom stereocenters. The summed E-state index contributed by atoms with van der Waals surface area (Å²) in [7, 11) is 1.52. The predicted octanol–water partition coefficient (Wildman–Crippen LogP) is 1.20. The van der Waals surface area contributed by atoms with E-state index in [-0.39, 0.29) is 11.3 Å². The number of aromatic nitrogens is 2. The first-order chi connectivity index (χ1) is 12.5. The molecule has 0 radical (unpaired) electrons. The topological polar surface area (TPSA) is 126 Å². The highest BCUT2D eigenvalue weighted by Gasteiger charge is 2.30. The van der Waals surface area contributed by atoms with Gasteiger partial charge in [-0.3, -0.25) is 9.32 Å². The van der Waals surface area contributed by atoms with Gasteiger partial charge in [-0.1, -0.05) is 0 Å². The fourth-order valence-corrected chi connectivity index (χ4v) is 2.27. The first kappa shape index (κ1) is 17.0. The molecule has 0 unspecified atom stereocenters. The second-order valence-electron chi connectivity index (χ2n) is 5.20. The zero-order valence-electron chi connectivity index (χ0n) is 13.6. The number of amides is 1. The zero-order valence-corrected chi connectivity index (χ0v) is 13.6. The largest absolute Gasteiger partial charge is 0.497 e. The van der Waals surface area contributed by atoms with Gasteiger partial charge < -0.3 is 15.2 Å². The first-order valence-electron chi connectivity index (χ1n) is 7.42. The molecule has 0 aliphatic carbocycles. The van der Waals surface area contributed by atoms with E-state index in [1.807, 2.05) is 0 Å². The van der Waals surface area contributed by atoms with Gasteiger partial charge in [0.1, 0.15) is 5.75 Å². The Morgan fingerprint density at radius 2 is 1.77 bits per heavy atom. The molecule has 132 valence electrons. The van der Waals surface area contributed by atoms with E-state index in [0.29, 0.717) is 17.1 Å². The Morgan fingerprint density at radius 1 is 1.12 bits per heavy atom. The number of ether oxygens (including phenoxy) is 1. The summed E-state index contributed by atoms with van der Waals surface area (Å²) in [5.41, 5.74) is -0.208. The van der Waals surface area contributed by atoms with Gasteiger partial charge in [-0.15, -0.1) is 0 Å². The fourth-order valence-electron chi connectivity index (χ4n) is 2.27. The number of carbonyl (C=O) groups is 2. The van der Waals surface area contributed by atoms with Crippen LogP contribution in [-0.2, 0) is 0 Å². The Morgan fingerprint density at radius 3 is 2.35 bits per heavy atom. The highest BCUT2D eigenvalue weighted by atomic mass is 16.5. The number of anilines is 1. The molecule has 1 heterocycles. The lowest BCUT2D eigenvalue weighted by molar-refractivity contribution is -0.672. The molecule has 26 heavy (non-hydrogen) atoms. The number of carboxylic acid groups (broad SMARTS) is 1. The lowest BCUT2D eigenvalue weighted by atomic mass is 10.2. The summed E-state index contributed by atoms with van der Waals surface area (Å²) >= 11 is 0. The fraction of sp³-hybridized carbons (Fsp3) is 0.0588. The van der Waals surface area contributed by atoms with Crippen molar-refractivity contribution in [3.05, 3.63) is 70.2 Å². The van der Waals surface area contributed by atoms with Gasteiger partial charge in [-0.2, -0.15) is 0 Å². The molecule has 0 aliphatic heterocycles. The maximum atomic E-state index is 12.5. The SMILES string of the molecule is COc1ccc(-[n+]2[nH]oc(=O)c2C(=O)Nc2ccc(C(=O)O)cc2)cc1. The van der Waals surface area contributed by atoms with E-state index in [4.69, 9.17) is 14.4 Å². The Balaban J connectivity index is 1.88. The van der Waals surface area contributed by atoms with Gasteiger partial charge in [0.15, 0.2) is 0 Å². The van der Waals surface area contributed by atoms with Crippen LogP contribution in [0.15, 0.2) is 57.8 Å². The van der Waals surface area contributed by atoms with Crippen molar-refractivity contribution in [2.24, 2.45) is 0 Å². The van der Waals surface area contributed by atoms with E-state index in [0.717, 1.165) is 0 Å². The molecule has 3 N–H and O–H groups in total. The number of hydrogen-bond donors (Lipinski definition) is 3. The lowest BCUT2D eigenvalue weighted by Gasteiger charge is -2.02. The van der Waals surface area contributed by atoms with Crippen molar-refractivity contribution in [3.8, 4) is 11.4 Å². The normalized spacial score (nSPS) is 10.3. The van der Waals surface area contributed by atoms with Crippen LogP contribution in [0.4, 0.5) is 5.69 Å². The van der Waals surface area contributed by atoms with Crippen molar-refractivity contribution in [2.45, 2.75) is 0 Å². The highest BCUT2D eigenvalue weighted by molar-refractivity contribution is 6.01. The van der Waals surface area contributed by atoms with Crippen LogP contribution in [0.2, 0.25) is 0 Å². The average molecular weight is 356 g/mol. The smallest absolute Gasteiger partial charge is 0.441 e. The number of nitrogens with zero attached hydrogens (tertiary/aromatic N) is 1. The number of methoxy groups -OCH3 is 1. The molecule has 1 amide bonds. The van der Waals surface area contributed by atoms with Crippen LogP contribution in [0.3, 0.4) is 0 Å². The van der Waals surface area contributed by atoms with Crippen LogP contribution in [0.25, 0.3) is 5.69 Å². The molecule has 2 aromatic carbocycles. The lowest BCUT2D eigenvalue weighted by Crippen LogP contribution is -2.42. The van der Waals surface area contributed by atoms with Gasteiger partial charge in [-0.25, -0.2) is 9.59 Å². The number of aromatic carboxylic acids is 1. The van der Waals surface area contributed by atoms with Crippen LogP contribution in [0.1, 0.15) is 20.8 Å². The van der Waals surface area contributed by atoms with Gasteiger partial charge in [-0.05, 0) is 46.4 Å². The van der Waals surface area contributed by atoms with Crippen molar-refractivity contribution >= 4 is 17.6 Å². The van der Waals surface area contributed by atoms with E-state index < -0.39 is 17.5 Å². The van der Waals surface area contributed by atoms with Crippen LogP contribution >= 0.6 is 0 Å². The molecule has 0 spiro atoms. The van der Waals surface area contributed by atoms with Gasteiger partial charge in [0.2, 0.25) is 5.69 Å². The number of hydrogen-bond acceptors (Lipinski definition) is 5. The van der Waals surface area contributed by atoms with E-state index in [1.165, 1.54) is 36.1 Å². The van der Waals surface area contributed by atoms with Crippen molar-refractivity contribution < 1.29 is 28.6 Å². The minimum absolute atomic E-state index is 0.0810. The minimum Gasteiger partial charge on any atom is -0.497 e. The van der Waals surface area contributed by atoms with E-state index in [1.54, 1.807) is 24.3 Å². The summed E-state index contributed by atoms with van der Waals surface area (Å²) < 4.78 is 11.0. The second-order valence-corrected chi connectivity index (χ2v) is 5.20. The zero-order chi connectivity index (χ0) is 18.7. The molecule has 0 fully saturated rings. The predicted molar refractivity (Wildman–Crippen MR) is 88.8 cm³/mol. The van der Waals surface area contributed by atoms with Crippen molar-refractivity contribution in [2.75, 3.05) is 12.4 Å². The molecule has 3 rings (SSSR count). The highest BCUT2D eigenvalue weighted by Crippen LogP contribution is 2.12. The maximum absolute atomic E-state index is 12.5. The summed E-state index contributed by atoms with van der Waals surface area (Å²) in [6, 6.07) is 12.1. The number of H-pyrrole nitrogens is 1. The second kappa shape index (κ2) is 6.93. The van der Waals surface area contributed by atoms with Crippen molar-refractivity contribution in [1.82, 2.24) is 5.27 Å². The van der Waals surface area contributed by atoms with Crippen molar-refractivity contribution in [1.29, 1.82) is 0 Å². The third-order valence-corrected chi connectivity index (χ3v) is 3.58. The minimum atomic E-state index is -1.08. The monoisotopic (exact) mass is 356 g/mol. The van der Waals surface area contributed by atoms with Crippen LogP contribution in [0, 0.1) is 0 Å². The summed E-state index contributed by atoms with van der Waals surface area (Å²) in [5, 5.41) is 13.8. The van der Waals surface area contributed by atoms with Gasteiger partial charge >= 0.3 is 23.2 Å². The van der Waals surface area contributed by atoms with E-state index in [2.05, 4.69) is 10.6 Å². The van der Waals surface area contributed by atoms with E-state index >= 15 is 0 Å². The van der Waals surface area contributed by atoms with Crippen LogP contribution < -0.4 is 20.4 Å². The summed E-state index contributed by atoms with van der Waals surface area (Å²) in [6.07, 6.45) is 0. The number of aromatic amines is 1. The summed E-state index contributed by atoms with van der Waals surface area (Å²) in [4.78, 5) is 35.3. The van der Waals surface area contributed by atoms with Crippen molar-refractivity contribution in [3.63, 3.8) is 0 Å². The van der Waals surface area contributed by atoms with Gasteiger partial charge in [0.25, 0.3) is 0 Å². The summed E-state index contributed by atoms with van der Waals surface area (Å²) in [5.74, 6) is -1.17. The standard InChI is InChI=1S/C17H13N3O6/c1-25-13-8-6-12(7-9-13)20-14(17(24)26-19-20)15(21)18-11-4-2-10(3-5-11)16(22)23/h2-9H,1H3,(H2-,18,19,21,22,23,24)/p+1. The first-order valence-corrected chi connectivity index (χ1v) is 7.42. The quantitative estimate of drug-likeness (QED) is 0.590. The Labute approximate surface area is 146 Å². The Kier molecular flexibility index (Phi) is 4.52. The number of carbonyl (C=O) groups excluding carboxylic acids is 1. The molecule has 0 aliphatic rings. The number of nitrogens with one attached hydrogen (secondary N) is 2. The van der Waals surface area contributed by atoms with Gasteiger partial charge in [0, 0.05) is 17.8 Å². The Bertz CT molecular complexity index is 1000. The molecule has 3 aromatic rings. The summed E-state index contributed by atoms with van der Waals surface area (Å²) in [6.45, 7) is 0. The molecule has 9 heteroatoms. The third-order valence-electron chi connectivity index (χ3n) is 3.58. The average Bonchev–Trinajstić information content (AvgIpc) is 3.04. The molecule has 0 saturated carbocycles. The number of rotatable bonds is 5. The van der Waals surface area contributed by atoms with Crippen LogP contribution in [-0.4, -0.2) is 29.4 Å². The Hall–Kier alpha value is -3.88. The molecular weight excluding hydrogens is 342 g/mol. The van der Waals surface area contributed by atoms with E-state index in [9.17, 15) is 14.4 Å². The maximum Gasteiger partial charge on any atom is 0.441 e. The molecule has 1 aromatic heterocycles. The number of carboxylic acids is 1. The van der Waals surface area contributed by atoms with Crippen LogP contribution in [0.5, 0.6) is 5.75 Å². The number of benzene rings is 2. The van der Waals surface area contributed by atoms with Gasteiger partial charge in [0.05, 0.1) is 12.7 Å². The molecular formula is C17H14N3O6+. The molecule has 0 saturated heterocycles.